The van der Waals surface area contributed by atoms with Crippen molar-refractivity contribution in [3.63, 3.8) is 0 Å². The van der Waals surface area contributed by atoms with Gasteiger partial charge in [0.15, 0.2) is 0 Å². The molecule has 1 aliphatic heterocycles. The van der Waals surface area contributed by atoms with Gasteiger partial charge in [0.2, 0.25) is 10.0 Å². The predicted octanol–water partition coefficient (Wildman–Crippen LogP) is 2.73. The van der Waals surface area contributed by atoms with Gasteiger partial charge in [-0.2, -0.15) is 4.31 Å². The number of rotatable bonds is 5. The normalized spacial score (nSPS) is 26.6. The van der Waals surface area contributed by atoms with Crippen LogP contribution in [0.4, 0.5) is 0 Å². The summed E-state index contributed by atoms with van der Waals surface area (Å²) in [6.45, 7) is 7.53. The van der Waals surface area contributed by atoms with Crippen molar-refractivity contribution in [2.75, 3.05) is 13.1 Å². The molecule has 23 heavy (non-hydrogen) atoms. The zero-order valence-corrected chi connectivity index (χ0v) is 15.1. The van der Waals surface area contributed by atoms with E-state index in [0.717, 1.165) is 6.42 Å². The van der Waals surface area contributed by atoms with E-state index in [9.17, 15) is 8.42 Å². The van der Waals surface area contributed by atoms with E-state index < -0.39 is 10.0 Å². The number of hydrogen-bond acceptors (Lipinski definition) is 3. The molecule has 1 saturated heterocycles. The van der Waals surface area contributed by atoms with Gasteiger partial charge in [0.1, 0.15) is 0 Å². The second kappa shape index (κ2) is 5.87. The van der Waals surface area contributed by atoms with Gasteiger partial charge in [-0.15, -0.1) is 0 Å². The first-order valence-electron chi connectivity index (χ1n) is 8.62. The molecular formula is C18H28N2O2S. The van der Waals surface area contributed by atoms with Gasteiger partial charge in [0, 0.05) is 19.1 Å². The zero-order chi connectivity index (χ0) is 16.8. The van der Waals surface area contributed by atoms with Gasteiger partial charge in [-0.25, -0.2) is 8.42 Å². The number of hydrogen-bond donors (Lipinski definition) is 1. The maximum Gasteiger partial charge on any atom is 0.243 e. The lowest BCUT2D eigenvalue weighted by Crippen LogP contribution is -2.32. The summed E-state index contributed by atoms with van der Waals surface area (Å²) in [7, 11) is -3.43. The van der Waals surface area contributed by atoms with Crippen LogP contribution in [0.3, 0.4) is 0 Å². The molecule has 2 fully saturated rings. The van der Waals surface area contributed by atoms with Crippen LogP contribution in [0.5, 0.6) is 0 Å². The average Bonchev–Trinajstić information content (AvgIpc) is 3.29. The summed E-state index contributed by atoms with van der Waals surface area (Å²) in [4.78, 5) is 0.386. The molecule has 1 saturated carbocycles. The number of nitrogens with zero attached hydrogens (tertiary/aromatic N) is 1. The largest absolute Gasteiger partial charge is 0.326 e. The average molecular weight is 337 g/mol. The highest BCUT2D eigenvalue weighted by atomic mass is 32.2. The van der Waals surface area contributed by atoms with Crippen molar-refractivity contribution in [3.8, 4) is 0 Å². The molecule has 0 spiro atoms. The second-order valence-corrected chi connectivity index (χ2v) is 9.69. The summed E-state index contributed by atoms with van der Waals surface area (Å²) >= 11 is 0. The van der Waals surface area contributed by atoms with Crippen LogP contribution in [-0.4, -0.2) is 31.9 Å². The van der Waals surface area contributed by atoms with Crippen molar-refractivity contribution >= 4 is 10.0 Å². The summed E-state index contributed by atoms with van der Waals surface area (Å²) in [5.74, 6) is 0.973. The fourth-order valence-electron chi connectivity index (χ4n) is 3.47. The van der Waals surface area contributed by atoms with Crippen molar-refractivity contribution in [2.24, 2.45) is 17.6 Å². The zero-order valence-electron chi connectivity index (χ0n) is 14.3. The van der Waals surface area contributed by atoms with Gasteiger partial charge in [-0.1, -0.05) is 32.9 Å². The standard InChI is InChI=1S/C18H28N2O2S/c1-4-18(2,3)14-7-9-15(10-8-14)23(21,22)20-11-16(13-5-6-13)17(19)12-20/h7-10,13,16-17H,4-6,11-12,19H2,1-3H3/t16-,17+/m0/s1. The van der Waals surface area contributed by atoms with Crippen molar-refractivity contribution in [1.29, 1.82) is 0 Å². The third-order valence-electron chi connectivity index (χ3n) is 5.76. The van der Waals surface area contributed by atoms with Crippen LogP contribution in [0, 0.1) is 11.8 Å². The third-order valence-corrected chi connectivity index (χ3v) is 7.61. The molecule has 0 unspecified atom stereocenters. The molecule has 1 aromatic carbocycles. The van der Waals surface area contributed by atoms with Crippen LogP contribution >= 0.6 is 0 Å². The number of sulfonamides is 1. The van der Waals surface area contributed by atoms with Gasteiger partial charge in [0.05, 0.1) is 4.90 Å². The molecule has 4 nitrogen and oxygen atoms in total. The molecule has 0 bridgehead atoms. The van der Waals surface area contributed by atoms with Crippen LogP contribution in [0.1, 0.15) is 45.6 Å². The Balaban J connectivity index is 1.80. The molecule has 128 valence electrons. The molecule has 2 atom stereocenters. The molecule has 1 heterocycles. The molecule has 2 N–H and O–H groups in total. The molecule has 2 aliphatic rings. The maximum absolute atomic E-state index is 12.9. The molecule has 0 amide bonds. The highest BCUT2D eigenvalue weighted by Gasteiger charge is 2.44. The van der Waals surface area contributed by atoms with Gasteiger partial charge < -0.3 is 5.73 Å². The van der Waals surface area contributed by atoms with Gasteiger partial charge in [-0.05, 0) is 54.2 Å². The highest BCUT2D eigenvalue weighted by Crippen LogP contribution is 2.42. The van der Waals surface area contributed by atoms with Crippen LogP contribution in [0.25, 0.3) is 0 Å². The summed E-state index contributed by atoms with van der Waals surface area (Å²) in [6.07, 6.45) is 3.42. The molecule has 1 aliphatic carbocycles. The van der Waals surface area contributed by atoms with Crippen LogP contribution < -0.4 is 5.73 Å². The first kappa shape index (κ1) is 16.9. The van der Waals surface area contributed by atoms with Crippen molar-refractivity contribution in [3.05, 3.63) is 29.8 Å². The first-order chi connectivity index (χ1) is 10.8. The van der Waals surface area contributed by atoms with E-state index in [4.69, 9.17) is 5.73 Å². The molecule has 1 aromatic rings. The molecule has 3 rings (SSSR count). The fraction of sp³-hybridized carbons (Fsp3) is 0.667. The summed E-state index contributed by atoms with van der Waals surface area (Å²) in [6, 6.07) is 7.38. The second-order valence-electron chi connectivity index (χ2n) is 7.75. The van der Waals surface area contributed by atoms with E-state index in [1.54, 1.807) is 16.4 Å². The number of nitrogens with two attached hydrogens (primary N) is 1. The quantitative estimate of drug-likeness (QED) is 0.899. The molecule has 0 radical (unpaired) electrons. The summed E-state index contributed by atoms with van der Waals surface area (Å²) in [5, 5.41) is 0. The van der Waals surface area contributed by atoms with Crippen molar-refractivity contribution in [2.45, 2.75) is 56.4 Å². The van der Waals surface area contributed by atoms with Gasteiger partial charge in [-0.3, -0.25) is 0 Å². The van der Waals surface area contributed by atoms with Gasteiger partial charge >= 0.3 is 0 Å². The molecular weight excluding hydrogens is 308 g/mol. The minimum Gasteiger partial charge on any atom is -0.326 e. The van der Waals surface area contributed by atoms with Crippen LogP contribution in [0.15, 0.2) is 29.2 Å². The van der Waals surface area contributed by atoms with E-state index in [1.807, 2.05) is 12.1 Å². The summed E-state index contributed by atoms with van der Waals surface area (Å²) in [5.41, 5.74) is 7.42. The maximum atomic E-state index is 12.9. The monoisotopic (exact) mass is 336 g/mol. The Kier molecular flexibility index (Phi) is 4.32. The van der Waals surface area contributed by atoms with E-state index in [2.05, 4.69) is 20.8 Å². The Bertz CT molecular complexity index is 663. The third kappa shape index (κ3) is 3.19. The molecule has 0 aromatic heterocycles. The van der Waals surface area contributed by atoms with Crippen LogP contribution in [0.2, 0.25) is 0 Å². The molecule has 5 heteroatoms. The summed E-state index contributed by atoms with van der Waals surface area (Å²) < 4.78 is 27.3. The smallest absolute Gasteiger partial charge is 0.243 e. The highest BCUT2D eigenvalue weighted by molar-refractivity contribution is 7.89. The lowest BCUT2D eigenvalue weighted by atomic mass is 9.82. The van der Waals surface area contributed by atoms with Crippen molar-refractivity contribution < 1.29 is 8.42 Å². The number of benzene rings is 1. The van der Waals surface area contributed by atoms with E-state index in [1.165, 1.54) is 18.4 Å². The van der Waals surface area contributed by atoms with Crippen LogP contribution in [-0.2, 0) is 15.4 Å². The Morgan fingerprint density at radius 3 is 2.30 bits per heavy atom. The van der Waals surface area contributed by atoms with E-state index in [0.29, 0.717) is 29.8 Å². The lowest BCUT2D eigenvalue weighted by molar-refractivity contribution is 0.428. The first-order valence-corrected chi connectivity index (χ1v) is 10.1. The lowest BCUT2D eigenvalue weighted by Gasteiger charge is -2.24. The van der Waals surface area contributed by atoms with E-state index in [-0.39, 0.29) is 11.5 Å². The predicted molar refractivity (Wildman–Crippen MR) is 92.7 cm³/mol. The van der Waals surface area contributed by atoms with Crippen molar-refractivity contribution in [1.82, 2.24) is 4.31 Å². The minimum absolute atomic E-state index is 0.0180. The van der Waals surface area contributed by atoms with Gasteiger partial charge in [0.25, 0.3) is 0 Å². The Morgan fingerprint density at radius 1 is 1.17 bits per heavy atom. The topological polar surface area (TPSA) is 63.4 Å². The SMILES string of the molecule is CCC(C)(C)c1ccc(S(=O)(=O)N2C[C@@H](N)[C@H](C3CC3)C2)cc1. The fourth-order valence-corrected chi connectivity index (χ4v) is 4.98. The van der Waals surface area contributed by atoms with E-state index >= 15 is 0 Å². The Morgan fingerprint density at radius 2 is 1.78 bits per heavy atom. The Hall–Kier alpha value is -0.910. The minimum atomic E-state index is -3.43. The Labute approximate surface area is 140 Å².